The molecule has 2 fully saturated rings. The molecule has 3 nitrogen and oxygen atoms in total. The van der Waals surface area contributed by atoms with Crippen LogP contribution in [-0.4, -0.2) is 24.8 Å². The van der Waals surface area contributed by atoms with Crippen LogP contribution in [0.5, 0.6) is 0 Å². The van der Waals surface area contributed by atoms with Gasteiger partial charge < -0.3 is 9.47 Å². The summed E-state index contributed by atoms with van der Waals surface area (Å²) in [6.45, 7) is 3.08. The molecular formula is C12H20O3. The van der Waals surface area contributed by atoms with Gasteiger partial charge >= 0.3 is 5.97 Å². The number of rotatable bonds is 2. The molecule has 0 radical (unpaired) electrons. The van der Waals surface area contributed by atoms with Gasteiger partial charge in [-0.05, 0) is 32.6 Å². The van der Waals surface area contributed by atoms with E-state index in [2.05, 4.69) is 0 Å². The van der Waals surface area contributed by atoms with Crippen molar-refractivity contribution in [3.05, 3.63) is 0 Å². The number of carbonyl (C=O) groups is 1. The van der Waals surface area contributed by atoms with Crippen molar-refractivity contribution < 1.29 is 14.3 Å². The van der Waals surface area contributed by atoms with Gasteiger partial charge in [-0.25, -0.2) is 0 Å². The Kier molecular flexibility index (Phi) is 3.29. The predicted molar refractivity (Wildman–Crippen MR) is 56.5 cm³/mol. The molecule has 1 spiro atoms. The van der Waals surface area contributed by atoms with E-state index in [1.54, 1.807) is 0 Å². The minimum absolute atomic E-state index is 0.0212. The van der Waals surface area contributed by atoms with E-state index < -0.39 is 0 Å². The summed E-state index contributed by atoms with van der Waals surface area (Å²) in [6, 6.07) is 0. The molecule has 1 atom stereocenters. The van der Waals surface area contributed by atoms with Crippen LogP contribution in [0.2, 0.25) is 0 Å². The minimum atomic E-state index is -0.0212. The molecule has 1 unspecified atom stereocenters. The molecule has 0 aromatic heterocycles. The van der Waals surface area contributed by atoms with Crippen LogP contribution < -0.4 is 0 Å². The van der Waals surface area contributed by atoms with E-state index in [0.29, 0.717) is 6.61 Å². The summed E-state index contributed by atoms with van der Waals surface area (Å²) in [4.78, 5) is 11.7. The fourth-order valence-electron chi connectivity index (χ4n) is 2.86. The third kappa shape index (κ3) is 2.33. The van der Waals surface area contributed by atoms with Gasteiger partial charge in [0, 0.05) is 6.61 Å². The Morgan fingerprint density at radius 1 is 1.47 bits per heavy atom. The largest absolute Gasteiger partial charge is 0.466 e. The van der Waals surface area contributed by atoms with Crippen molar-refractivity contribution in [3.63, 3.8) is 0 Å². The molecule has 1 saturated heterocycles. The fraction of sp³-hybridized carbons (Fsp3) is 0.917. The van der Waals surface area contributed by atoms with E-state index in [9.17, 15) is 4.79 Å². The highest BCUT2D eigenvalue weighted by Gasteiger charge is 2.42. The Balaban J connectivity index is 1.94. The van der Waals surface area contributed by atoms with Crippen molar-refractivity contribution in [2.75, 3.05) is 13.2 Å². The zero-order valence-corrected chi connectivity index (χ0v) is 9.46. The normalized spacial score (nSPS) is 29.3. The lowest BCUT2D eigenvalue weighted by Gasteiger charge is -2.37. The Bertz CT molecular complexity index is 231. The van der Waals surface area contributed by atoms with Crippen molar-refractivity contribution in [2.45, 2.75) is 51.0 Å². The first-order valence-corrected chi connectivity index (χ1v) is 6.06. The van der Waals surface area contributed by atoms with Gasteiger partial charge in [-0.2, -0.15) is 0 Å². The van der Waals surface area contributed by atoms with Gasteiger partial charge in [0.15, 0.2) is 0 Å². The van der Waals surface area contributed by atoms with Gasteiger partial charge in [-0.3, -0.25) is 4.79 Å². The first kappa shape index (κ1) is 10.9. The van der Waals surface area contributed by atoms with Crippen LogP contribution >= 0.6 is 0 Å². The lowest BCUT2D eigenvalue weighted by atomic mass is 9.84. The first-order valence-electron chi connectivity index (χ1n) is 6.06. The fourth-order valence-corrected chi connectivity index (χ4v) is 2.86. The molecule has 3 heteroatoms. The maximum Gasteiger partial charge on any atom is 0.309 e. The Morgan fingerprint density at radius 2 is 2.20 bits per heavy atom. The van der Waals surface area contributed by atoms with Gasteiger partial charge in [-0.15, -0.1) is 0 Å². The first-order chi connectivity index (χ1) is 7.26. The van der Waals surface area contributed by atoms with E-state index in [-0.39, 0.29) is 17.5 Å². The summed E-state index contributed by atoms with van der Waals surface area (Å²) in [5, 5.41) is 0. The number of hydrogen-bond donors (Lipinski definition) is 0. The second-order valence-corrected chi connectivity index (χ2v) is 4.68. The lowest BCUT2D eigenvalue weighted by Crippen LogP contribution is -2.40. The highest BCUT2D eigenvalue weighted by atomic mass is 16.5. The quantitative estimate of drug-likeness (QED) is 0.659. The second-order valence-electron chi connectivity index (χ2n) is 4.68. The van der Waals surface area contributed by atoms with Gasteiger partial charge in [0.1, 0.15) is 0 Å². The van der Waals surface area contributed by atoms with E-state index in [4.69, 9.17) is 9.47 Å². The maximum absolute atomic E-state index is 11.7. The van der Waals surface area contributed by atoms with Crippen LogP contribution in [0.4, 0.5) is 0 Å². The van der Waals surface area contributed by atoms with Crippen LogP contribution in [0.1, 0.15) is 45.4 Å². The van der Waals surface area contributed by atoms with Crippen molar-refractivity contribution >= 4 is 5.97 Å². The molecule has 1 heterocycles. The number of esters is 1. The third-order valence-electron chi connectivity index (χ3n) is 3.63. The van der Waals surface area contributed by atoms with Crippen LogP contribution in [0.3, 0.4) is 0 Å². The molecule has 0 N–H and O–H groups in total. The molecule has 15 heavy (non-hydrogen) atoms. The summed E-state index contributed by atoms with van der Waals surface area (Å²) in [6.07, 6.45) is 6.46. The Morgan fingerprint density at radius 3 is 2.87 bits per heavy atom. The molecular weight excluding hydrogens is 192 g/mol. The zero-order chi connectivity index (χ0) is 10.7. The lowest BCUT2D eigenvalue weighted by molar-refractivity contribution is -0.159. The van der Waals surface area contributed by atoms with E-state index in [1.807, 2.05) is 6.92 Å². The minimum Gasteiger partial charge on any atom is -0.466 e. The molecule has 0 amide bonds. The number of carbonyl (C=O) groups excluding carboxylic acids is 1. The van der Waals surface area contributed by atoms with Crippen molar-refractivity contribution in [2.24, 2.45) is 5.92 Å². The maximum atomic E-state index is 11.7. The van der Waals surface area contributed by atoms with Crippen molar-refractivity contribution in [1.82, 2.24) is 0 Å². The molecule has 2 aliphatic rings. The summed E-state index contributed by atoms with van der Waals surface area (Å²) < 4.78 is 11.0. The summed E-state index contributed by atoms with van der Waals surface area (Å²) in [5.41, 5.74) is 0.0235. The smallest absolute Gasteiger partial charge is 0.309 e. The molecule has 1 saturated carbocycles. The topological polar surface area (TPSA) is 35.5 Å². The van der Waals surface area contributed by atoms with Gasteiger partial charge in [0.2, 0.25) is 0 Å². The highest BCUT2D eigenvalue weighted by Crippen LogP contribution is 2.42. The van der Waals surface area contributed by atoms with Crippen LogP contribution in [-0.2, 0) is 14.3 Å². The molecule has 2 rings (SSSR count). The monoisotopic (exact) mass is 212 g/mol. The second kappa shape index (κ2) is 4.52. The SMILES string of the molecule is CCOC(=O)C1CCOC2(CCCC2)C1. The molecule has 86 valence electrons. The van der Waals surface area contributed by atoms with Gasteiger partial charge in [-0.1, -0.05) is 12.8 Å². The van der Waals surface area contributed by atoms with Crippen molar-refractivity contribution in [3.8, 4) is 0 Å². The molecule has 0 aromatic rings. The Hall–Kier alpha value is -0.570. The standard InChI is InChI=1S/C12H20O3/c1-2-14-11(13)10-5-8-15-12(9-10)6-3-4-7-12/h10H,2-9H2,1H3. The number of ether oxygens (including phenoxy) is 2. The highest BCUT2D eigenvalue weighted by molar-refractivity contribution is 5.72. The average molecular weight is 212 g/mol. The molecule has 0 aromatic carbocycles. The zero-order valence-electron chi connectivity index (χ0n) is 9.46. The molecule has 0 bridgehead atoms. The van der Waals surface area contributed by atoms with Crippen molar-refractivity contribution in [1.29, 1.82) is 0 Å². The van der Waals surface area contributed by atoms with Crippen LogP contribution in [0, 0.1) is 5.92 Å². The molecule has 1 aliphatic carbocycles. The predicted octanol–water partition coefficient (Wildman–Crippen LogP) is 2.29. The van der Waals surface area contributed by atoms with E-state index in [1.165, 1.54) is 12.8 Å². The number of hydrogen-bond acceptors (Lipinski definition) is 3. The average Bonchev–Trinajstić information content (AvgIpc) is 2.67. The van der Waals surface area contributed by atoms with Gasteiger partial charge in [0.25, 0.3) is 0 Å². The van der Waals surface area contributed by atoms with Crippen LogP contribution in [0.15, 0.2) is 0 Å². The molecule has 1 aliphatic heterocycles. The summed E-state index contributed by atoms with van der Waals surface area (Å²) in [5.74, 6) is 0.0591. The Labute approximate surface area is 91.1 Å². The summed E-state index contributed by atoms with van der Waals surface area (Å²) in [7, 11) is 0. The van der Waals surface area contributed by atoms with E-state index in [0.717, 1.165) is 32.3 Å². The third-order valence-corrected chi connectivity index (χ3v) is 3.63. The van der Waals surface area contributed by atoms with Gasteiger partial charge in [0.05, 0.1) is 18.1 Å². The summed E-state index contributed by atoms with van der Waals surface area (Å²) >= 11 is 0. The van der Waals surface area contributed by atoms with Crippen LogP contribution in [0.25, 0.3) is 0 Å². The van der Waals surface area contributed by atoms with E-state index >= 15 is 0 Å².